The van der Waals surface area contributed by atoms with E-state index in [0.717, 1.165) is 36.7 Å². The number of alkyl carbamates (subject to hydrolysis) is 1. The topological polar surface area (TPSA) is 84.9 Å². The highest BCUT2D eigenvalue weighted by Crippen LogP contribution is 2.40. The molecular formula is C32H42N2O5. The van der Waals surface area contributed by atoms with Gasteiger partial charge in [-0.25, -0.2) is 4.79 Å². The number of aryl methyl sites for hydroxylation is 1. The van der Waals surface area contributed by atoms with Gasteiger partial charge in [-0.1, -0.05) is 83.1 Å². The second kappa shape index (κ2) is 11.1. The average Bonchev–Trinajstić information content (AvgIpc) is 3.30. The minimum Gasteiger partial charge on any atom is -0.449 e. The normalized spacial score (nSPS) is 26.1. The molecule has 2 amide bonds. The molecule has 0 aromatic heterocycles. The van der Waals surface area contributed by atoms with Crippen molar-refractivity contribution in [3.8, 4) is 11.1 Å². The molecule has 0 radical (unpaired) electrons. The predicted octanol–water partition coefficient (Wildman–Crippen LogP) is 5.50. The van der Waals surface area contributed by atoms with E-state index in [1.807, 2.05) is 32.9 Å². The molecule has 3 aliphatic heterocycles. The minimum absolute atomic E-state index is 0.206. The summed E-state index contributed by atoms with van der Waals surface area (Å²) >= 11 is 0. The molecule has 3 atom stereocenters. The lowest BCUT2D eigenvalue weighted by Gasteiger charge is -2.35. The molecule has 3 aliphatic rings. The molecule has 2 aromatic carbocycles. The number of amides is 2. The van der Waals surface area contributed by atoms with Crippen LogP contribution in [0.3, 0.4) is 0 Å². The summed E-state index contributed by atoms with van der Waals surface area (Å²) < 4.78 is 11.7. The van der Waals surface area contributed by atoms with Crippen molar-refractivity contribution >= 4 is 18.3 Å². The number of nitrogens with one attached hydrogen (secondary N) is 1. The van der Waals surface area contributed by atoms with Gasteiger partial charge in [0, 0.05) is 13.5 Å². The maximum absolute atomic E-state index is 13.9. The molecule has 7 heteroatoms. The monoisotopic (exact) mass is 534 g/mol. The highest BCUT2D eigenvalue weighted by molar-refractivity contribution is 5.89. The second-order valence-corrected chi connectivity index (χ2v) is 12.8. The van der Waals surface area contributed by atoms with Crippen LogP contribution in [0.1, 0.15) is 65.0 Å². The van der Waals surface area contributed by atoms with Crippen LogP contribution in [0, 0.1) is 10.8 Å². The number of nitrogens with zero attached hydrogens (tertiary/aromatic N) is 1. The van der Waals surface area contributed by atoms with E-state index in [2.05, 4.69) is 55.6 Å². The number of benzene rings is 2. The first kappa shape index (κ1) is 28.8. The van der Waals surface area contributed by atoms with E-state index >= 15 is 0 Å². The number of carbonyl (C=O) groups excluding carboxylic acids is 3. The summed E-state index contributed by atoms with van der Waals surface area (Å²) in [6.07, 6.45) is 3.24. The van der Waals surface area contributed by atoms with Crippen LogP contribution < -0.4 is 5.32 Å². The Bertz CT molecular complexity index is 1200. The van der Waals surface area contributed by atoms with Gasteiger partial charge >= 0.3 is 6.09 Å². The molecule has 5 rings (SSSR count). The van der Waals surface area contributed by atoms with Gasteiger partial charge in [0.05, 0.1) is 19.2 Å². The number of hydrogen-bond donors (Lipinski definition) is 1. The van der Waals surface area contributed by atoms with Crippen molar-refractivity contribution in [3.63, 3.8) is 0 Å². The lowest BCUT2D eigenvalue weighted by Crippen LogP contribution is -2.56. The van der Waals surface area contributed by atoms with Crippen molar-refractivity contribution in [3.05, 3.63) is 59.7 Å². The second-order valence-electron chi connectivity index (χ2n) is 12.8. The molecule has 1 saturated heterocycles. The van der Waals surface area contributed by atoms with Gasteiger partial charge in [-0.05, 0) is 52.3 Å². The fourth-order valence-electron chi connectivity index (χ4n) is 5.78. The van der Waals surface area contributed by atoms with E-state index in [4.69, 9.17) is 9.47 Å². The summed E-state index contributed by atoms with van der Waals surface area (Å²) in [6.45, 7) is 10.3. The van der Waals surface area contributed by atoms with Gasteiger partial charge in [0.15, 0.2) is 0 Å². The van der Waals surface area contributed by atoms with Crippen molar-refractivity contribution < 1.29 is 23.9 Å². The zero-order chi connectivity index (χ0) is 28.4. The van der Waals surface area contributed by atoms with Crippen LogP contribution in [-0.2, 0) is 31.1 Å². The van der Waals surface area contributed by atoms with Crippen LogP contribution >= 0.6 is 0 Å². The van der Waals surface area contributed by atoms with Crippen molar-refractivity contribution in [2.24, 2.45) is 10.8 Å². The Morgan fingerprint density at radius 3 is 2.41 bits per heavy atom. The molecule has 0 spiro atoms. The van der Waals surface area contributed by atoms with Gasteiger partial charge < -0.3 is 24.5 Å². The Balaban J connectivity index is 1.77. The maximum Gasteiger partial charge on any atom is 0.407 e. The highest BCUT2D eigenvalue weighted by atomic mass is 16.5. The van der Waals surface area contributed by atoms with Crippen molar-refractivity contribution in [1.29, 1.82) is 0 Å². The van der Waals surface area contributed by atoms with Crippen LogP contribution in [0.15, 0.2) is 48.5 Å². The number of rotatable bonds is 2. The van der Waals surface area contributed by atoms with Gasteiger partial charge in [-0.2, -0.15) is 0 Å². The van der Waals surface area contributed by atoms with Crippen molar-refractivity contribution in [1.82, 2.24) is 10.2 Å². The van der Waals surface area contributed by atoms with Gasteiger partial charge in [0.1, 0.15) is 17.9 Å². The van der Waals surface area contributed by atoms with E-state index in [1.165, 1.54) is 11.1 Å². The standard InChI is InChI=1S/C32H42N2O5/c1-30(2,3)27-28(36)34-20-32(38-6,18-25(34)19-35)24-15-13-23(14-16-24)26-12-8-7-10-22(26)11-9-17-31(4,5)21-39-29(37)33-27/h7-8,10,12-16,19,25,27H,9,11,17-18,20-21H2,1-6H3,(H,33,37)/t25-,27+,32-/m0/s1. The SMILES string of the molecule is CO[C@@]12C[C@@H](C=O)N(C1)C(=O)[C@H](C(C)(C)C)NC(=O)OCC(C)(C)CCCc1ccccc1-c1ccc2cc1. The summed E-state index contributed by atoms with van der Waals surface area (Å²) in [7, 11) is 1.62. The van der Waals surface area contributed by atoms with Gasteiger partial charge in [-0.3, -0.25) is 4.79 Å². The van der Waals surface area contributed by atoms with Crippen molar-refractivity contribution in [2.75, 3.05) is 20.3 Å². The molecule has 1 N–H and O–H groups in total. The lowest BCUT2D eigenvalue weighted by molar-refractivity contribution is -0.139. The molecule has 3 heterocycles. The Morgan fingerprint density at radius 2 is 1.77 bits per heavy atom. The fourth-order valence-corrected chi connectivity index (χ4v) is 5.78. The van der Waals surface area contributed by atoms with E-state index in [0.29, 0.717) is 6.42 Å². The Labute approximate surface area is 232 Å². The Morgan fingerprint density at radius 1 is 1.08 bits per heavy atom. The lowest BCUT2D eigenvalue weighted by atomic mass is 9.85. The van der Waals surface area contributed by atoms with Crippen molar-refractivity contribution in [2.45, 2.75) is 78.0 Å². The zero-order valence-electron chi connectivity index (χ0n) is 24.1. The first-order chi connectivity index (χ1) is 18.4. The van der Waals surface area contributed by atoms with E-state index < -0.39 is 29.2 Å². The van der Waals surface area contributed by atoms with Crippen LogP contribution in [0.5, 0.6) is 0 Å². The third kappa shape index (κ3) is 6.19. The number of carbonyl (C=O) groups is 3. The Hall–Kier alpha value is -3.19. The van der Waals surface area contributed by atoms with E-state index in [1.54, 1.807) is 12.0 Å². The predicted molar refractivity (Wildman–Crippen MR) is 151 cm³/mol. The van der Waals surface area contributed by atoms with Crippen LogP contribution in [0.2, 0.25) is 0 Å². The zero-order valence-corrected chi connectivity index (χ0v) is 24.1. The molecule has 210 valence electrons. The van der Waals surface area contributed by atoms with Gasteiger partial charge in [0.2, 0.25) is 5.91 Å². The quantitative estimate of drug-likeness (QED) is 0.515. The van der Waals surface area contributed by atoms with Gasteiger partial charge in [0.25, 0.3) is 0 Å². The largest absolute Gasteiger partial charge is 0.449 e. The number of hydrogen-bond acceptors (Lipinski definition) is 5. The highest BCUT2D eigenvalue weighted by Gasteiger charge is 2.50. The molecule has 0 unspecified atom stereocenters. The first-order valence-corrected chi connectivity index (χ1v) is 13.8. The maximum atomic E-state index is 13.9. The first-order valence-electron chi connectivity index (χ1n) is 13.8. The molecule has 7 nitrogen and oxygen atoms in total. The third-order valence-electron chi connectivity index (χ3n) is 8.20. The summed E-state index contributed by atoms with van der Waals surface area (Å²) in [5.74, 6) is -0.321. The van der Waals surface area contributed by atoms with Gasteiger partial charge in [-0.15, -0.1) is 0 Å². The average molecular weight is 535 g/mol. The molecule has 1 fully saturated rings. The molecule has 0 aliphatic carbocycles. The molecule has 39 heavy (non-hydrogen) atoms. The smallest absolute Gasteiger partial charge is 0.407 e. The fraction of sp³-hybridized carbons (Fsp3) is 0.531. The third-order valence-corrected chi connectivity index (χ3v) is 8.20. The van der Waals surface area contributed by atoms with Crippen LogP contribution in [0.4, 0.5) is 4.79 Å². The van der Waals surface area contributed by atoms with E-state index in [-0.39, 0.29) is 24.5 Å². The number of ether oxygens (including phenoxy) is 2. The Kier molecular flexibility index (Phi) is 8.22. The summed E-state index contributed by atoms with van der Waals surface area (Å²) in [5, 5.41) is 2.82. The summed E-state index contributed by atoms with van der Waals surface area (Å²) in [5.41, 5.74) is 2.80. The van der Waals surface area contributed by atoms with Crippen LogP contribution in [0.25, 0.3) is 11.1 Å². The minimum atomic E-state index is -0.873. The van der Waals surface area contributed by atoms with E-state index in [9.17, 15) is 14.4 Å². The summed E-state index contributed by atoms with van der Waals surface area (Å²) in [4.78, 5) is 40.6. The molecule has 0 saturated carbocycles. The van der Waals surface area contributed by atoms with Crippen LogP contribution in [-0.4, -0.2) is 55.5 Å². The number of fused-ring (bicyclic) bond motifs is 11. The molecular weight excluding hydrogens is 492 g/mol. The molecule has 2 aromatic rings. The molecule has 4 bridgehead atoms. The number of methoxy groups -OCH3 is 1. The summed E-state index contributed by atoms with van der Waals surface area (Å²) in [6, 6.07) is 15.2. The number of aldehydes is 1.